The van der Waals surface area contributed by atoms with Crippen LogP contribution < -0.4 is 0 Å². The number of benzene rings is 2. The maximum atomic E-state index is 12.9. The lowest BCUT2D eigenvalue weighted by Crippen LogP contribution is -2.48. The maximum absolute atomic E-state index is 12.9. The van der Waals surface area contributed by atoms with E-state index in [0.717, 1.165) is 30.8 Å². The molecule has 5 heteroatoms. The van der Waals surface area contributed by atoms with Gasteiger partial charge in [-0.15, -0.1) is 0 Å². The third-order valence-electron chi connectivity index (χ3n) is 4.97. The van der Waals surface area contributed by atoms with Gasteiger partial charge in [-0.1, -0.05) is 35.9 Å². The highest BCUT2D eigenvalue weighted by atomic mass is 32.2. The first kappa shape index (κ1) is 18.1. The molecule has 0 atom stereocenters. The van der Waals surface area contributed by atoms with Gasteiger partial charge in [0.05, 0.1) is 4.90 Å². The fourth-order valence-corrected chi connectivity index (χ4v) is 4.61. The summed E-state index contributed by atoms with van der Waals surface area (Å²) in [5, 5.41) is 0. The van der Waals surface area contributed by atoms with Crippen LogP contribution in [0.15, 0.2) is 47.4 Å². The van der Waals surface area contributed by atoms with Gasteiger partial charge in [0.2, 0.25) is 10.0 Å². The Labute approximate surface area is 151 Å². The Morgan fingerprint density at radius 2 is 1.48 bits per heavy atom. The van der Waals surface area contributed by atoms with Gasteiger partial charge in [-0.3, -0.25) is 4.90 Å². The number of aryl methyl sites for hydroxylation is 3. The largest absolute Gasteiger partial charge is 0.296 e. The molecule has 4 nitrogen and oxygen atoms in total. The van der Waals surface area contributed by atoms with Crippen molar-refractivity contribution < 1.29 is 8.42 Å². The summed E-state index contributed by atoms with van der Waals surface area (Å²) in [5.74, 6) is 0. The van der Waals surface area contributed by atoms with Crippen molar-refractivity contribution >= 4 is 10.0 Å². The van der Waals surface area contributed by atoms with Crippen LogP contribution in [0.4, 0.5) is 0 Å². The molecule has 2 aromatic rings. The zero-order chi connectivity index (χ0) is 18.0. The molecule has 25 heavy (non-hydrogen) atoms. The van der Waals surface area contributed by atoms with Crippen LogP contribution in [-0.4, -0.2) is 43.8 Å². The standard InChI is InChI=1S/C20H26N2O2S/c1-16-4-7-19(8-5-16)15-21-10-12-22(13-11-21)25(23,24)20-9-6-17(2)18(3)14-20/h4-9,14H,10-13,15H2,1-3H3. The Bertz CT molecular complexity index is 836. The van der Waals surface area contributed by atoms with Crippen LogP contribution in [0.2, 0.25) is 0 Å². The average Bonchev–Trinajstić information content (AvgIpc) is 2.60. The van der Waals surface area contributed by atoms with E-state index >= 15 is 0 Å². The molecule has 0 N–H and O–H groups in total. The molecule has 0 aromatic heterocycles. The first-order valence-corrected chi connectivity index (χ1v) is 10.2. The zero-order valence-electron chi connectivity index (χ0n) is 15.2. The molecule has 3 rings (SSSR count). The Kier molecular flexibility index (Phi) is 5.27. The predicted octanol–water partition coefficient (Wildman–Crippen LogP) is 3.12. The quantitative estimate of drug-likeness (QED) is 0.843. The van der Waals surface area contributed by atoms with E-state index in [-0.39, 0.29) is 0 Å². The van der Waals surface area contributed by atoms with Gasteiger partial charge in [0, 0.05) is 32.7 Å². The smallest absolute Gasteiger partial charge is 0.243 e. The number of nitrogens with zero attached hydrogens (tertiary/aromatic N) is 2. The summed E-state index contributed by atoms with van der Waals surface area (Å²) in [6.45, 7) is 9.51. The molecular weight excluding hydrogens is 332 g/mol. The van der Waals surface area contributed by atoms with Crippen LogP contribution in [-0.2, 0) is 16.6 Å². The van der Waals surface area contributed by atoms with E-state index in [4.69, 9.17) is 0 Å². The van der Waals surface area contributed by atoms with Crippen LogP contribution in [0.3, 0.4) is 0 Å². The predicted molar refractivity (Wildman–Crippen MR) is 101 cm³/mol. The number of hydrogen-bond acceptors (Lipinski definition) is 3. The van der Waals surface area contributed by atoms with Crippen molar-refractivity contribution in [2.24, 2.45) is 0 Å². The Morgan fingerprint density at radius 3 is 2.08 bits per heavy atom. The van der Waals surface area contributed by atoms with Gasteiger partial charge >= 0.3 is 0 Å². The highest BCUT2D eigenvalue weighted by Crippen LogP contribution is 2.21. The van der Waals surface area contributed by atoms with Gasteiger partial charge in [0.1, 0.15) is 0 Å². The summed E-state index contributed by atoms with van der Waals surface area (Å²) in [7, 11) is -3.40. The summed E-state index contributed by atoms with van der Waals surface area (Å²) >= 11 is 0. The minimum absolute atomic E-state index is 0.405. The molecule has 1 aliphatic heterocycles. The summed E-state index contributed by atoms with van der Waals surface area (Å²) < 4.78 is 27.3. The monoisotopic (exact) mass is 358 g/mol. The molecule has 0 unspecified atom stereocenters. The van der Waals surface area contributed by atoms with Crippen molar-refractivity contribution in [3.05, 3.63) is 64.7 Å². The van der Waals surface area contributed by atoms with Crippen molar-refractivity contribution in [1.29, 1.82) is 0 Å². The lowest BCUT2D eigenvalue weighted by molar-refractivity contribution is 0.181. The van der Waals surface area contributed by atoms with Gasteiger partial charge in [-0.05, 0) is 49.6 Å². The van der Waals surface area contributed by atoms with Crippen molar-refractivity contribution in [3.63, 3.8) is 0 Å². The average molecular weight is 359 g/mol. The van der Waals surface area contributed by atoms with E-state index in [0.29, 0.717) is 18.0 Å². The van der Waals surface area contributed by atoms with Crippen molar-refractivity contribution in [2.45, 2.75) is 32.2 Å². The molecule has 1 heterocycles. The van der Waals surface area contributed by atoms with Crippen LogP contribution in [0.25, 0.3) is 0 Å². The second-order valence-electron chi connectivity index (χ2n) is 6.91. The first-order valence-electron chi connectivity index (χ1n) is 8.71. The van der Waals surface area contributed by atoms with Gasteiger partial charge in [0.15, 0.2) is 0 Å². The van der Waals surface area contributed by atoms with Crippen molar-refractivity contribution in [3.8, 4) is 0 Å². The molecule has 0 amide bonds. The van der Waals surface area contributed by atoms with Crippen LogP contribution in [0.5, 0.6) is 0 Å². The molecule has 1 saturated heterocycles. The molecule has 0 radical (unpaired) electrons. The minimum atomic E-state index is -3.40. The maximum Gasteiger partial charge on any atom is 0.243 e. The number of rotatable bonds is 4. The van der Waals surface area contributed by atoms with E-state index in [1.54, 1.807) is 16.4 Å². The van der Waals surface area contributed by atoms with E-state index in [2.05, 4.69) is 36.1 Å². The van der Waals surface area contributed by atoms with Crippen LogP contribution in [0.1, 0.15) is 22.3 Å². The molecule has 2 aromatic carbocycles. The number of piperazine rings is 1. The number of sulfonamides is 1. The van der Waals surface area contributed by atoms with Crippen molar-refractivity contribution in [2.75, 3.05) is 26.2 Å². The van der Waals surface area contributed by atoms with Gasteiger partial charge in [-0.2, -0.15) is 4.31 Å². The fraction of sp³-hybridized carbons (Fsp3) is 0.400. The molecule has 0 saturated carbocycles. The van der Waals surface area contributed by atoms with Crippen molar-refractivity contribution in [1.82, 2.24) is 9.21 Å². The second-order valence-corrected chi connectivity index (χ2v) is 8.85. The van der Waals surface area contributed by atoms with E-state index in [9.17, 15) is 8.42 Å². The molecule has 134 valence electrons. The van der Waals surface area contributed by atoms with Gasteiger partial charge < -0.3 is 0 Å². The molecular formula is C20H26N2O2S. The topological polar surface area (TPSA) is 40.6 Å². The molecule has 0 aliphatic carbocycles. The highest BCUT2D eigenvalue weighted by Gasteiger charge is 2.28. The Morgan fingerprint density at radius 1 is 0.840 bits per heavy atom. The van der Waals surface area contributed by atoms with E-state index in [1.807, 2.05) is 19.9 Å². The summed E-state index contributed by atoms with van der Waals surface area (Å²) in [5.41, 5.74) is 4.66. The lowest BCUT2D eigenvalue weighted by Gasteiger charge is -2.34. The van der Waals surface area contributed by atoms with Gasteiger partial charge in [0.25, 0.3) is 0 Å². The Balaban J connectivity index is 1.64. The Hall–Kier alpha value is -1.69. The fourth-order valence-electron chi connectivity index (χ4n) is 3.10. The minimum Gasteiger partial charge on any atom is -0.296 e. The third kappa shape index (κ3) is 4.11. The highest BCUT2D eigenvalue weighted by molar-refractivity contribution is 7.89. The van der Waals surface area contributed by atoms with E-state index in [1.165, 1.54) is 11.1 Å². The lowest BCUT2D eigenvalue weighted by atomic mass is 10.1. The van der Waals surface area contributed by atoms with Crippen LogP contribution >= 0.6 is 0 Å². The normalized spacial score (nSPS) is 16.9. The summed E-state index contributed by atoms with van der Waals surface area (Å²) in [6, 6.07) is 13.9. The zero-order valence-corrected chi connectivity index (χ0v) is 16.0. The van der Waals surface area contributed by atoms with Gasteiger partial charge in [-0.25, -0.2) is 8.42 Å². The van der Waals surface area contributed by atoms with Crippen LogP contribution in [0, 0.1) is 20.8 Å². The van der Waals surface area contributed by atoms with E-state index < -0.39 is 10.0 Å². The molecule has 1 aliphatic rings. The summed E-state index contributed by atoms with van der Waals surface area (Å²) in [4.78, 5) is 2.72. The molecule has 0 spiro atoms. The molecule has 1 fully saturated rings. The second kappa shape index (κ2) is 7.28. The third-order valence-corrected chi connectivity index (χ3v) is 6.87. The summed E-state index contributed by atoms with van der Waals surface area (Å²) in [6.07, 6.45) is 0. The first-order chi connectivity index (χ1) is 11.9. The SMILES string of the molecule is Cc1ccc(CN2CCN(S(=O)(=O)c3ccc(C)c(C)c3)CC2)cc1. The number of hydrogen-bond donors (Lipinski definition) is 0. The molecule has 0 bridgehead atoms.